The lowest BCUT2D eigenvalue weighted by Crippen LogP contribution is -2.50. The highest BCUT2D eigenvalue weighted by Gasteiger charge is 2.25. The largest absolute Gasteiger partial charge is 0.340 e. The Balaban J connectivity index is 1.70. The predicted octanol–water partition coefficient (Wildman–Crippen LogP) is 2.61. The summed E-state index contributed by atoms with van der Waals surface area (Å²) in [7, 11) is 0. The summed E-state index contributed by atoms with van der Waals surface area (Å²) in [6, 6.07) is 0. The number of carbonyl (C=O) groups is 1. The highest BCUT2D eigenvalue weighted by atomic mass is 16.2. The van der Waals surface area contributed by atoms with Gasteiger partial charge < -0.3 is 4.90 Å². The molecule has 0 aromatic heterocycles. The van der Waals surface area contributed by atoms with Crippen molar-refractivity contribution in [2.75, 3.05) is 32.7 Å². The first-order chi connectivity index (χ1) is 9.06. The summed E-state index contributed by atoms with van der Waals surface area (Å²) in [6.45, 7) is 11.6. The minimum absolute atomic E-state index is 0.145. The van der Waals surface area contributed by atoms with Gasteiger partial charge in [0.05, 0.1) is 0 Å². The predicted molar refractivity (Wildman–Crippen MR) is 79.0 cm³/mol. The lowest BCUT2D eigenvalue weighted by molar-refractivity contribution is -0.136. The van der Waals surface area contributed by atoms with E-state index in [-0.39, 0.29) is 5.92 Å². The van der Waals surface area contributed by atoms with Gasteiger partial charge in [-0.3, -0.25) is 9.69 Å². The topological polar surface area (TPSA) is 23.6 Å². The number of nitrogens with zero attached hydrogens (tertiary/aromatic N) is 2. The zero-order valence-electron chi connectivity index (χ0n) is 12.9. The van der Waals surface area contributed by atoms with Crippen LogP contribution in [-0.4, -0.2) is 48.4 Å². The van der Waals surface area contributed by atoms with Crippen LogP contribution in [0.5, 0.6) is 0 Å². The third-order valence-electron chi connectivity index (χ3n) is 4.83. The molecule has 3 heteroatoms. The van der Waals surface area contributed by atoms with Crippen LogP contribution < -0.4 is 0 Å². The van der Waals surface area contributed by atoms with Gasteiger partial charge in [0.25, 0.3) is 0 Å². The van der Waals surface area contributed by atoms with Crippen molar-refractivity contribution < 1.29 is 4.79 Å². The Morgan fingerprint density at radius 3 is 2.16 bits per heavy atom. The fourth-order valence-electron chi connectivity index (χ4n) is 3.39. The second-order valence-electron chi connectivity index (χ2n) is 6.91. The van der Waals surface area contributed by atoms with E-state index in [1.54, 1.807) is 0 Å². The summed E-state index contributed by atoms with van der Waals surface area (Å²) in [4.78, 5) is 16.6. The Hall–Kier alpha value is -0.570. The molecule has 1 saturated heterocycles. The Labute approximate surface area is 118 Å². The maximum atomic E-state index is 11.9. The molecule has 1 heterocycles. The minimum Gasteiger partial charge on any atom is -0.340 e. The van der Waals surface area contributed by atoms with E-state index < -0.39 is 0 Å². The maximum absolute atomic E-state index is 11.9. The average Bonchev–Trinajstić information content (AvgIpc) is 2.41. The number of rotatable bonds is 3. The normalized spacial score (nSPS) is 29.8. The molecular formula is C16H30N2O. The molecule has 0 atom stereocenters. The van der Waals surface area contributed by atoms with Crippen LogP contribution in [0.1, 0.15) is 46.5 Å². The van der Waals surface area contributed by atoms with Crippen molar-refractivity contribution >= 4 is 5.91 Å². The Bertz CT molecular complexity index is 287. The first-order valence-corrected chi connectivity index (χ1v) is 8.07. The molecule has 3 nitrogen and oxygen atoms in total. The van der Waals surface area contributed by atoms with E-state index >= 15 is 0 Å². The van der Waals surface area contributed by atoms with E-state index in [4.69, 9.17) is 0 Å². The second kappa shape index (κ2) is 6.74. The SMILES string of the molecule is CC1CCC(CN2CCN(C(=O)C(C)C)CC2)CC1. The number of hydrogen-bond donors (Lipinski definition) is 0. The van der Waals surface area contributed by atoms with Crippen LogP contribution in [0.25, 0.3) is 0 Å². The standard InChI is InChI=1S/C16H30N2O/c1-13(2)16(19)18-10-8-17(9-11-18)12-15-6-4-14(3)5-7-15/h13-15H,4-12H2,1-3H3. The van der Waals surface area contributed by atoms with Crippen LogP contribution in [0.3, 0.4) is 0 Å². The van der Waals surface area contributed by atoms with Crippen LogP contribution in [0.15, 0.2) is 0 Å². The van der Waals surface area contributed by atoms with Crippen LogP contribution >= 0.6 is 0 Å². The van der Waals surface area contributed by atoms with Crippen molar-refractivity contribution in [2.24, 2.45) is 17.8 Å². The molecule has 0 radical (unpaired) electrons. The van der Waals surface area contributed by atoms with Gasteiger partial charge in [-0.2, -0.15) is 0 Å². The smallest absolute Gasteiger partial charge is 0.225 e. The highest BCUT2D eigenvalue weighted by molar-refractivity contribution is 5.78. The molecule has 0 spiro atoms. The summed E-state index contributed by atoms with van der Waals surface area (Å²) in [5, 5.41) is 0. The molecule has 110 valence electrons. The van der Waals surface area contributed by atoms with Crippen LogP contribution in [0.4, 0.5) is 0 Å². The molecule has 2 rings (SSSR count). The van der Waals surface area contributed by atoms with Crippen LogP contribution in [0.2, 0.25) is 0 Å². The van der Waals surface area contributed by atoms with Crippen molar-refractivity contribution in [1.82, 2.24) is 9.80 Å². The van der Waals surface area contributed by atoms with Crippen molar-refractivity contribution in [3.8, 4) is 0 Å². The average molecular weight is 266 g/mol. The molecule has 1 saturated carbocycles. The van der Waals surface area contributed by atoms with Gasteiger partial charge in [-0.1, -0.05) is 33.6 Å². The van der Waals surface area contributed by atoms with Crippen molar-refractivity contribution in [3.63, 3.8) is 0 Å². The van der Waals surface area contributed by atoms with Crippen LogP contribution in [0, 0.1) is 17.8 Å². The Morgan fingerprint density at radius 1 is 1.05 bits per heavy atom. The summed E-state index contributed by atoms with van der Waals surface area (Å²) < 4.78 is 0. The minimum atomic E-state index is 0.145. The second-order valence-corrected chi connectivity index (χ2v) is 6.91. The Kier molecular flexibility index (Phi) is 5.26. The first kappa shape index (κ1) is 14.8. The molecule has 0 aromatic carbocycles. The van der Waals surface area contributed by atoms with E-state index in [1.807, 2.05) is 18.7 Å². The molecule has 19 heavy (non-hydrogen) atoms. The maximum Gasteiger partial charge on any atom is 0.225 e. The fraction of sp³-hybridized carbons (Fsp3) is 0.938. The Morgan fingerprint density at radius 2 is 1.63 bits per heavy atom. The van der Waals surface area contributed by atoms with Gasteiger partial charge in [-0.15, -0.1) is 0 Å². The van der Waals surface area contributed by atoms with Crippen LogP contribution in [-0.2, 0) is 4.79 Å². The first-order valence-electron chi connectivity index (χ1n) is 8.07. The van der Waals surface area contributed by atoms with Crippen molar-refractivity contribution in [2.45, 2.75) is 46.5 Å². The molecule has 0 N–H and O–H groups in total. The number of amides is 1. The third kappa shape index (κ3) is 4.20. The lowest BCUT2D eigenvalue weighted by Gasteiger charge is -2.38. The zero-order chi connectivity index (χ0) is 13.8. The van der Waals surface area contributed by atoms with E-state index in [0.717, 1.165) is 38.0 Å². The van der Waals surface area contributed by atoms with Gasteiger partial charge in [0.1, 0.15) is 0 Å². The molecule has 1 aliphatic heterocycles. The lowest BCUT2D eigenvalue weighted by atomic mass is 9.83. The monoisotopic (exact) mass is 266 g/mol. The molecular weight excluding hydrogens is 236 g/mol. The zero-order valence-corrected chi connectivity index (χ0v) is 12.9. The van der Waals surface area contributed by atoms with Gasteiger partial charge in [0.15, 0.2) is 0 Å². The summed E-state index contributed by atoms with van der Waals surface area (Å²) >= 11 is 0. The van der Waals surface area contributed by atoms with Crippen molar-refractivity contribution in [3.05, 3.63) is 0 Å². The quantitative estimate of drug-likeness (QED) is 0.784. The summed E-state index contributed by atoms with van der Waals surface area (Å²) in [6.07, 6.45) is 5.64. The van der Waals surface area contributed by atoms with Gasteiger partial charge in [0.2, 0.25) is 5.91 Å². The summed E-state index contributed by atoms with van der Waals surface area (Å²) in [5.41, 5.74) is 0. The van der Waals surface area contributed by atoms with E-state index in [9.17, 15) is 4.79 Å². The van der Waals surface area contributed by atoms with Crippen molar-refractivity contribution in [1.29, 1.82) is 0 Å². The van der Waals surface area contributed by atoms with E-state index in [1.165, 1.54) is 32.2 Å². The van der Waals surface area contributed by atoms with Gasteiger partial charge >= 0.3 is 0 Å². The molecule has 1 aliphatic carbocycles. The molecule has 2 fully saturated rings. The number of piperazine rings is 1. The molecule has 0 aromatic rings. The van der Waals surface area contributed by atoms with Gasteiger partial charge in [-0.25, -0.2) is 0 Å². The fourth-order valence-corrected chi connectivity index (χ4v) is 3.39. The van der Waals surface area contributed by atoms with E-state index in [2.05, 4.69) is 11.8 Å². The number of hydrogen-bond acceptors (Lipinski definition) is 2. The molecule has 1 amide bonds. The van der Waals surface area contributed by atoms with Gasteiger partial charge in [0, 0.05) is 38.6 Å². The molecule has 0 bridgehead atoms. The number of carbonyl (C=O) groups excluding carboxylic acids is 1. The summed E-state index contributed by atoms with van der Waals surface area (Å²) in [5.74, 6) is 2.32. The van der Waals surface area contributed by atoms with Gasteiger partial charge in [-0.05, 0) is 24.7 Å². The molecule has 0 unspecified atom stereocenters. The van der Waals surface area contributed by atoms with E-state index in [0.29, 0.717) is 5.91 Å². The highest BCUT2D eigenvalue weighted by Crippen LogP contribution is 2.29. The molecule has 2 aliphatic rings. The third-order valence-corrected chi connectivity index (χ3v) is 4.83.